The Balaban J connectivity index is 2.39. The fourth-order valence-corrected chi connectivity index (χ4v) is 1.31. The van der Waals surface area contributed by atoms with E-state index >= 15 is 0 Å². The van der Waals surface area contributed by atoms with Gasteiger partial charge in [-0.25, -0.2) is 4.98 Å². The van der Waals surface area contributed by atoms with Crippen LogP contribution in [0.1, 0.15) is 16.1 Å². The van der Waals surface area contributed by atoms with Gasteiger partial charge >= 0.3 is 0 Å². The van der Waals surface area contributed by atoms with Crippen LogP contribution in [0.5, 0.6) is 0 Å². The molecule has 0 unspecified atom stereocenters. The second-order valence-corrected chi connectivity index (χ2v) is 3.08. The van der Waals surface area contributed by atoms with Crippen LogP contribution in [0.25, 0.3) is 0 Å². The second kappa shape index (κ2) is 3.46. The molecular weight excluding hydrogens is 176 g/mol. The molecular formula is C11H10N2O. The number of nitrogens with zero attached hydrogens (tertiary/aromatic N) is 2. The summed E-state index contributed by atoms with van der Waals surface area (Å²) in [5.41, 5.74) is 1.30. The van der Waals surface area contributed by atoms with Crippen molar-refractivity contribution in [2.45, 2.75) is 0 Å². The highest BCUT2D eigenvalue weighted by molar-refractivity contribution is 6.07. The summed E-state index contributed by atoms with van der Waals surface area (Å²) in [6.07, 6.45) is 3.20. The largest absolute Gasteiger partial charge is 0.331 e. The zero-order chi connectivity index (χ0) is 9.97. The zero-order valence-electron chi connectivity index (χ0n) is 7.84. The molecule has 3 heteroatoms. The van der Waals surface area contributed by atoms with Crippen LogP contribution >= 0.6 is 0 Å². The molecule has 0 fully saturated rings. The van der Waals surface area contributed by atoms with Crippen LogP contribution < -0.4 is 0 Å². The van der Waals surface area contributed by atoms with E-state index in [1.165, 1.54) is 0 Å². The van der Waals surface area contributed by atoms with E-state index in [1.54, 1.807) is 29.2 Å². The van der Waals surface area contributed by atoms with Gasteiger partial charge in [-0.15, -0.1) is 0 Å². The SMILES string of the molecule is Cn1cncc1C(=O)c1ccccc1. The van der Waals surface area contributed by atoms with E-state index in [-0.39, 0.29) is 5.78 Å². The van der Waals surface area contributed by atoms with Crippen LogP contribution in [-0.4, -0.2) is 15.3 Å². The van der Waals surface area contributed by atoms with Crippen molar-refractivity contribution < 1.29 is 4.79 Å². The van der Waals surface area contributed by atoms with Gasteiger partial charge in [-0.05, 0) is 0 Å². The van der Waals surface area contributed by atoms with Gasteiger partial charge in [-0.3, -0.25) is 4.79 Å². The molecule has 2 rings (SSSR count). The molecule has 1 aromatic carbocycles. The van der Waals surface area contributed by atoms with Crippen LogP contribution in [0.15, 0.2) is 42.9 Å². The van der Waals surface area contributed by atoms with Gasteiger partial charge < -0.3 is 4.57 Å². The molecule has 0 aliphatic carbocycles. The first-order valence-electron chi connectivity index (χ1n) is 4.35. The predicted molar refractivity (Wildman–Crippen MR) is 53.1 cm³/mol. The molecule has 1 aromatic heterocycles. The van der Waals surface area contributed by atoms with E-state index in [0.29, 0.717) is 11.3 Å². The van der Waals surface area contributed by atoms with Crippen molar-refractivity contribution in [2.75, 3.05) is 0 Å². The lowest BCUT2D eigenvalue weighted by Gasteiger charge is -2.00. The molecule has 70 valence electrons. The highest BCUT2D eigenvalue weighted by Crippen LogP contribution is 2.07. The van der Waals surface area contributed by atoms with Crippen LogP contribution in [0.3, 0.4) is 0 Å². The average Bonchev–Trinajstić information content (AvgIpc) is 2.65. The Morgan fingerprint density at radius 3 is 2.57 bits per heavy atom. The minimum Gasteiger partial charge on any atom is -0.331 e. The van der Waals surface area contributed by atoms with E-state index in [9.17, 15) is 4.79 Å². The molecule has 0 radical (unpaired) electrons. The van der Waals surface area contributed by atoms with Crippen molar-refractivity contribution in [3.8, 4) is 0 Å². The number of aryl methyl sites for hydroxylation is 1. The maximum Gasteiger partial charge on any atom is 0.210 e. The molecule has 0 bridgehead atoms. The molecule has 0 saturated carbocycles. The fraction of sp³-hybridized carbons (Fsp3) is 0.0909. The topological polar surface area (TPSA) is 34.9 Å². The smallest absolute Gasteiger partial charge is 0.210 e. The highest BCUT2D eigenvalue weighted by atomic mass is 16.1. The van der Waals surface area contributed by atoms with E-state index in [0.717, 1.165) is 0 Å². The third-order valence-corrected chi connectivity index (χ3v) is 2.09. The number of hydrogen-bond acceptors (Lipinski definition) is 2. The summed E-state index contributed by atoms with van der Waals surface area (Å²) in [5, 5.41) is 0. The van der Waals surface area contributed by atoms with Gasteiger partial charge in [-0.1, -0.05) is 30.3 Å². The quantitative estimate of drug-likeness (QED) is 0.668. The Morgan fingerprint density at radius 2 is 2.00 bits per heavy atom. The molecule has 0 N–H and O–H groups in total. The van der Waals surface area contributed by atoms with Crippen LogP contribution in [0, 0.1) is 0 Å². The Kier molecular flexibility index (Phi) is 2.14. The summed E-state index contributed by atoms with van der Waals surface area (Å²) in [6.45, 7) is 0. The summed E-state index contributed by atoms with van der Waals surface area (Å²) in [4.78, 5) is 15.8. The predicted octanol–water partition coefficient (Wildman–Crippen LogP) is 1.65. The number of aromatic nitrogens is 2. The summed E-state index contributed by atoms with van der Waals surface area (Å²) < 4.78 is 1.72. The maximum absolute atomic E-state index is 11.9. The third kappa shape index (κ3) is 1.44. The molecule has 0 saturated heterocycles. The lowest BCUT2D eigenvalue weighted by atomic mass is 10.1. The first-order chi connectivity index (χ1) is 6.79. The molecule has 1 heterocycles. The number of imidazole rings is 1. The second-order valence-electron chi connectivity index (χ2n) is 3.08. The van der Waals surface area contributed by atoms with Crippen molar-refractivity contribution >= 4 is 5.78 Å². The fourth-order valence-electron chi connectivity index (χ4n) is 1.31. The van der Waals surface area contributed by atoms with Gasteiger partial charge in [0.15, 0.2) is 0 Å². The monoisotopic (exact) mass is 186 g/mol. The van der Waals surface area contributed by atoms with E-state index in [2.05, 4.69) is 4.98 Å². The van der Waals surface area contributed by atoms with Gasteiger partial charge in [0.2, 0.25) is 5.78 Å². The van der Waals surface area contributed by atoms with Crippen LogP contribution in [0.2, 0.25) is 0 Å². The number of hydrogen-bond donors (Lipinski definition) is 0. The van der Waals surface area contributed by atoms with Gasteiger partial charge in [0, 0.05) is 12.6 Å². The van der Waals surface area contributed by atoms with Crippen molar-refractivity contribution in [1.82, 2.24) is 9.55 Å². The minimum absolute atomic E-state index is 0.00519. The Morgan fingerprint density at radius 1 is 1.29 bits per heavy atom. The van der Waals surface area contributed by atoms with Crippen molar-refractivity contribution in [3.05, 3.63) is 54.1 Å². The Bertz CT molecular complexity index is 445. The number of ketones is 1. The summed E-state index contributed by atoms with van der Waals surface area (Å²) in [7, 11) is 1.81. The van der Waals surface area contributed by atoms with Gasteiger partial charge in [0.25, 0.3) is 0 Å². The van der Waals surface area contributed by atoms with E-state index in [4.69, 9.17) is 0 Å². The third-order valence-electron chi connectivity index (χ3n) is 2.09. The first kappa shape index (κ1) is 8.69. The van der Waals surface area contributed by atoms with Gasteiger partial charge in [0.05, 0.1) is 12.5 Å². The van der Waals surface area contributed by atoms with Crippen LogP contribution in [-0.2, 0) is 7.05 Å². The number of carbonyl (C=O) groups excluding carboxylic acids is 1. The van der Waals surface area contributed by atoms with Gasteiger partial charge in [0.1, 0.15) is 5.69 Å². The lowest BCUT2D eigenvalue weighted by Crippen LogP contribution is -2.06. The molecule has 0 atom stereocenters. The van der Waals surface area contributed by atoms with Crippen molar-refractivity contribution in [1.29, 1.82) is 0 Å². The average molecular weight is 186 g/mol. The molecule has 0 aliphatic heterocycles. The molecule has 14 heavy (non-hydrogen) atoms. The van der Waals surface area contributed by atoms with E-state index in [1.807, 2.05) is 25.2 Å². The number of benzene rings is 1. The minimum atomic E-state index is 0.00519. The number of rotatable bonds is 2. The summed E-state index contributed by atoms with van der Waals surface area (Å²) in [6, 6.07) is 9.19. The molecule has 2 aromatic rings. The van der Waals surface area contributed by atoms with Gasteiger partial charge in [-0.2, -0.15) is 0 Å². The first-order valence-corrected chi connectivity index (χ1v) is 4.35. The summed E-state index contributed by atoms with van der Waals surface area (Å²) in [5.74, 6) is 0.00519. The highest BCUT2D eigenvalue weighted by Gasteiger charge is 2.11. The van der Waals surface area contributed by atoms with E-state index < -0.39 is 0 Å². The molecule has 0 amide bonds. The Labute approximate surface area is 82.0 Å². The van der Waals surface area contributed by atoms with Crippen LogP contribution in [0.4, 0.5) is 0 Å². The lowest BCUT2D eigenvalue weighted by molar-refractivity contribution is 0.103. The zero-order valence-corrected chi connectivity index (χ0v) is 7.84. The standard InChI is InChI=1S/C11H10N2O/c1-13-8-12-7-10(13)11(14)9-5-3-2-4-6-9/h2-8H,1H3. The van der Waals surface area contributed by atoms with Crippen molar-refractivity contribution in [3.63, 3.8) is 0 Å². The number of carbonyl (C=O) groups is 1. The normalized spacial score (nSPS) is 10.1. The Hall–Kier alpha value is -1.90. The molecule has 0 aliphatic rings. The molecule has 0 spiro atoms. The molecule has 3 nitrogen and oxygen atoms in total. The maximum atomic E-state index is 11.9. The van der Waals surface area contributed by atoms with Crippen molar-refractivity contribution in [2.24, 2.45) is 7.05 Å². The summed E-state index contributed by atoms with van der Waals surface area (Å²) >= 11 is 0.